The summed E-state index contributed by atoms with van der Waals surface area (Å²) in [4.78, 5) is 21.7. The van der Waals surface area contributed by atoms with Crippen molar-refractivity contribution in [3.8, 4) is 11.3 Å². The van der Waals surface area contributed by atoms with E-state index in [1.807, 2.05) is 41.5 Å². The van der Waals surface area contributed by atoms with Gasteiger partial charge < -0.3 is 5.11 Å². The predicted molar refractivity (Wildman–Crippen MR) is 206 cm³/mol. The van der Waals surface area contributed by atoms with Crippen molar-refractivity contribution >= 4 is 80.3 Å². The molecule has 0 saturated heterocycles. The van der Waals surface area contributed by atoms with Crippen molar-refractivity contribution in [1.29, 1.82) is 0 Å². The van der Waals surface area contributed by atoms with Crippen LogP contribution in [0.1, 0.15) is 99.1 Å². The van der Waals surface area contributed by atoms with Crippen molar-refractivity contribution in [1.82, 2.24) is 9.97 Å². The van der Waals surface area contributed by atoms with Gasteiger partial charge in [0.05, 0.1) is 5.52 Å². The van der Waals surface area contributed by atoms with Gasteiger partial charge in [-0.2, -0.15) is 11.3 Å². The van der Waals surface area contributed by atoms with Crippen molar-refractivity contribution in [2.24, 2.45) is 10.8 Å². The van der Waals surface area contributed by atoms with Gasteiger partial charge in [-0.15, -0.1) is 46.3 Å². The van der Waals surface area contributed by atoms with Gasteiger partial charge in [-0.3, -0.25) is 9.78 Å². The molecule has 4 heterocycles. The third kappa shape index (κ3) is 7.07. The Morgan fingerprint density at radius 3 is 2.15 bits per heavy atom. The van der Waals surface area contributed by atoms with Crippen molar-refractivity contribution in [3.63, 3.8) is 0 Å². The molecule has 2 aromatic carbocycles. The summed E-state index contributed by atoms with van der Waals surface area (Å²) in [5.41, 5.74) is 5.23. The minimum Gasteiger partial charge on any atom is -0.512 e. The van der Waals surface area contributed by atoms with Gasteiger partial charge in [0.25, 0.3) is 0 Å². The summed E-state index contributed by atoms with van der Waals surface area (Å²) in [6.45, 7) is 21.1. The second-order valence-electron chi connectivity index (χ2n) is 14.2. The van der Waals surface area contributed by atoms with Gasteiger partial charge in [-0.05, 0) is 71.2 Å². The standard InChI is InChI=1S/C25H19N2S3.C15H28O2.Ir/c1-13-11-29-17-5-6-18-20(19(13)17)22-24(30-18)21(26-12-27-22)15-9-14-7-8-28-23(14)16(10-15)25(2,3)4;1-7-14(5,8-2)12(16)11-13(17)15(6,9-3)10-4;/h5-8,10-12H,1-4H3;11,16H,7-10H2,1-6H3;/q-1;;/b;12-11-;. The van der Waals surface area contributed by atoms with Crippen LogP contribution in [0.25, 0.3) is 51.7 Å². The molecule has 6 aromatic rings. The number of aliphatic hydroxyl groups is 1. The third-order valence-corrected chi connectivity index (χ3v) is 13.4. The molecular formula is C40H47IrN2O2S3-. The molecule has 6 rings (SSSR count). The van der Waals surface area contributed by atoms with Gasteiger partial charge in [-0.1, -0.05) is 73.4 Å². The van der Waals surface area contributed by atoms with Crippen LogP contribution in [0.4, 0.5) is 0 Å². The fraction of sp³-hybridized carbons (Fsp3) is 0.425. The summed E-state index contributed by atoms with van der Waals surface area (Å²) < 4.78 is 5.06. The zero-order valence-electron chi connectivity index (χ0n) is 29.8. The number of hydrogen-bond acceptors (Lipinski definition) is 7. The van der Waals surface area contributed by atoms with Gasteiger partial charge in [0.1, 0.15) is 12.1 Å². The molecule has 0 saturated carbocycles. The summed E-state index contributed by atoms with van der Waals surface area (Å²) in [6.07, 6.45) is 6.47. The van der Waals surface area contributed by atoms with Crippen molar-refractivity contribution in [2.45, 2.75) is 100 Å². The number of fused-ring (bicyclic) bond motifs is 6. The van der Waals surface area contributed by atoms with Crippen LogP contribution < -0.4 is 0 Å². The molecule has 0 unspecified atom stereocenters. The molecule has 0 atom stereocenters. The zero-order valence-corrected chi connectivity index (χ0v) is 34.6. The van der Waals surface area contributed by atoms with Crippen molar-refractivity contribution < 1.29 is 30.0 Å². The summed E-state index contributed by atoms with van der Waals surface area (Å²) in [5, 5.41) is 18.3. The number of allylic oxidation sites excluding steroid dienone is 2. The Morgan fingerprint density at radius 1 is 0.875 bits per heavy atom. The van der Waals surface area contributed by atoms with Crippen LogP contribution in [0.2, 0.25) is 0 Å². The number of benzene rings is 2. The molecule has 0 aliphatic rings. The first-order chi connectivity index (χ1) is 22.2. The van der Waals surface area contributed by atoms with E-state index in [1.54, 1.807) is 40.3 Å². The normalized spacial score (nSPS) is 12.8. The number of aromatic nitrogens is 2. The Morgan fingerprint density at radius 2 is 1.52 bits per heavy atom. The molecular weight excluding hydrogens is 829 g/mol. The number of nitrogens with zero attached hydrogens (tertiary/aromatic N) is 2. The quantitative estimate of drug-likeness (QED) is 0.0940. The van der Waals surface area contributed by atoms with Crippen LogP contribution in [-0.4, -0.2) is 20.9 Å². The van der Waals surface area contributed by atoms with E-state index >= 15 is 0 Å². The molecule has 0 amide bonds. The van der Waals surface area contributed by atoms with Crippen LogP contribution in [0.15, 0.2) is 53.2 Å². The van der Waals surface area contributed by atoms with E-state index < -0.39 is 0 Å². The summed E-state index contributed by atoms with van der Waals surface area (Å²) in [6, 6.07) is 12.6. The zero-order chi connectivity index (χ0) is 34.3. The number of thiophene rings is 3. The van der Waals surface area contributed by atoms with Crippen LogP contribution in [0.5, 0.6) is 0 Å². The molecule has 48 heavy (non-hydrogen) atoms. The van der Waals surface area contributed by atoms with Gasteiger partial charge in [0, 0.05) is 67.6 Å². The Hall–Kier alpha value is -2.48. The maximum atomic E-state index is 12.2. The Kier molecular flexibility index (Phi) is 11.8. The molecule has 0 bridgehead atoms. The van der Waals surface area contributed by atoms with Crippen molar-refractivity contribution in [2.75, 3.05) is 0 Å². The minimum absolute atomic E-state index is 0. The Bertz CT molecular complexity index is 2100. The van der Waals surface area contributed by atoms with Gasteiger partial charge in [-0.25, -0.2) is 4.98 Å². The molecule has 8 heteroatoms. The van der Waals surface area contributed by atoms with Gasteiger partial charge >= 0.3 is 0 Å². The van der Waals surface area contributed by atoms with E-state index in [0.717, 1.165) is 47.2 Å². The first-order valence-electron chi connectivity index (χ1n) is 16.6. The molecule has 0 spiro atoms. The van der Waals surface area contributed by atoms with Crippen LogP contribution >= 0.6 is 34.0 Å². The molecule has 1 N–H and O–H groups in total. The minimum atomic E-state index is -0.337. The fourth-order valence-corrected chi connectivity index (χ4v) is 9.11. The van der Waals surface area contributed by atoms with Crippen LogP contribution in [0.3, 0.4) is 0 Å². The Balaban J connectivity index is 0.000000251. The number of rotatable bonds is 8. The van der Waals surface area contributed by atoms with Gasteiger partial charge in [0.2, 0.25) is 0 Å². The van der Waals surface area contributed by atoms with E-state index in [4.69, 9.17) is 9.97 Å². The first-order valence-corrected chi connectivity index (χ1v) is 19.2. The predicted octanol–water partition coefficient (Wildman–Crippen LogP) is 13.0. The van der Waals surface area contributed by atoms with E-state index in [2.05, 4.69) is 68.8 Å². The number of aryl methyl sites for hydroxylation is 1. The number of hydrogen-bond donors (Lipinski definition) is 1. The summed E-state index contributed by atoms with van der Waals surface area (Å²) >= 11 is 5.39. The van der Waals surface area contributed by atoms with E-state index in [9.17, 15) is 9.90 Å². The van der Waals surface area contributed by atoms with Gasteiger partial charge in [0.15, 0.2) is 5.78 Å². The molecule has 4 aromatic heterocycles. The maximum absolute atomic E-state index is 12.2. The van der Waals surface area contributed by atoms with E-state index in [1.165, 1.54) is 47.5 Å². The van der Waals surface area contributed by atoms with E-state index in [-0.39, 0.29) is 47.9 Å². The average molecular weight is 876 g/mol. The smallest absolute Gasteiger partial charge is 0.164 e. The number of carbonyl (C=O) groups is 1. The number of aliphatic hydroxyl groups excluding tert-OH is 1. The van der Waals surface area contributed by atoms with Crippen LogP contribution in [-0.2, 0) is 30.3 Å². The molecule has 257 valence electrons. The topological polar surface area (TPSA) is 63.1 Å². The summed E-state index contributed by atoms with van der Waals surface area (Å²) in [7, 11) is 0. The summed E-state index contributed by atoms with van der Waals surface area (Å²) in [5.74, 6) is 0.286. The SMILES string of the molecule is CCC(C)(CC)C(=O)/C=C(\O)C(C)(CC)CC.Cc1csc2ccc3sc4c(-c5[c-]c6ccsc6c(C(C)(C)C)c5)ncnc4c3c12.[Ir]. The maximum Gasteiger partial charge on any atom is 0.164 e. The molecule has 0 aliphatic heterocycles. The second kappa shape index (κ2) is 14.8. The fourth-order valence-electron chi connectivity index (χ4n) is 5.91. The van der Waals surface area contributed by atoms with Crippen LogP contribution in [0, 0.1) is 23.8 Å². The number of ketones is 1. The molecule has 0 aliphatic carbocycles. The molecule has 4 nitrogen and oxygen atoms in total. The average Bonchev–Trinajstić information content (AvgIpc) is 3.79. The van der Waals surface area contributed by atoms with E-state index in [0.29, 0.717) is 0 Å². The number of carbonyl (C=O) groups excluding carboxylic acids is 1. The van der Waals surface area contributed by atoms with Crippen molar-refractivity contribution in [3.05, 3.63) is 70.4 Å². The monoisotopic (exact) mass is 876 g/mol. The third-order valence-electron chi connectivity index (χ3n) is 10.3. The molecule has 1 radical (unpaired) electrons. The molecule has 0 fully saturated rings. The Labute approximate surface area is 311 Å². The largest absolute Gasteiger partial charge is 0.512 e. The second-order valence-corrected chi connectivity index (χ2v) is 17.1. The first kappa shape index (κ1) is 38.3.